The second-order valence-corrected chi connectivity index (χ2v) is 8.75. The van der Waals surface area contributed by atoms with Gasteiger partial charge in [-0.15, -0.1) is 0 Å². The smallest absolute Gasteiger partial charge is 0.373 e. The zero-order chi connectivity index (χ0) is 23.8. The van der Waals surface area contributed by atoms with Gasteiger partial charge in [0.05, 0.1) is 30.7 Å². The number of carbonyl (C=O) groups is 1. The molecule has 3 heterocycles. The van der Waals surface area contributed by atoms with Crippen molar-refractivity contribution >= 4 is 28.7 Å². The molecular weight excluding hydrogens is 460 g/mol. The Bertz CT molecular complexity index is 1490. The molecule has 1 fully saturated rings. The quantitative estimate of drug-likeness (QED) is 0.399. The SMILES string of the molecule is COC(=O)c1ccc(Cn2cnc3c2c(=O)n(C2CCCCC2)c(=O)n3-c2ccccc2Cl)o1. The number of para-hydroxylation sites is 1. The van der Waals surface area contributed by atoms with Gasteiger partial charge < -0.3 is 13.7 Å². The molecule has 0 N–H and O–H groups in total. The number of aromatic nitrogens is 4. The van der Waals surface area contributed by atoms with Crippen LogP contribution in [0.3, 0.4) is 0 Å². The minimum Gasteiger partial charge on any atom is -0.463 e. The Kier molecular flexibility index (Phi) is 5.87. The van der Waals surface area contributed by atoms with Crippen LogP contribution in [0.25, 0.3) is 16.9 Å². The van der Waals surface area contributed by atoms with Crippen LogP contribution in [0.15, 0.2) is 56.7 Å². The summed E-state index contributed by atoms with van der Waals surface area (Å²) >= 11 is 6.45. The van der Waals surface area contributed by atoms with Crippen LogP contribution >= 0.6 is 11.6 Å². The van der Waals surface area contributed by atoms with Gasteiger partial charge in [0.25, 0.3) is 5.56 Å². The fourth-order valence-corrected chi connectivity index (χ4v) is 4.85. The van der Waals surface area contributed by atoms with Crippen molar-refractivity contribution in [1.29, 1.82) is 0 Å². The molecule has 0 aliphatic heterocycles. The van der Waals surface area contributed by atoms with Crippen molar-refractivity contribution in [3.8, 4) is 5.69 Å². The second kappa shape index (κ2) is 8.98. The van der Waals surface area contributed by atoms with Crippen molar-refractivity contribution in [1.82, 2.24) is 18.7 Å². The van der Waals surface area contributed by atoms with Gasteiger partial charge in [-0.2, -0.15) is 0 Å². The first-order valence-electron chi connectivity index (χ1n) is 11.1. The van der Waals surface area contributed by atoms with Crippen molar-refractivity contribution in [2.75, 3.05) is 7.11 Å². The molecule has 10 heteroatoms. The first kappa shape index (κ1) is 22.2. The molecule has 34 heavy (non-hydrogen) atoms. The van der Waals surface area contributed by atoms with Gasteiger partial charge in [-0.1, -0.05) is 43.0 Å². The number of methoxy groups -OCH3 is 1. The maximum absolute atomic E-state index is 13.7. The molecule has 1 saturated carbocycles. The molecular formula is C24H23ClN4O5. The first-order valence-corrected chi connectivity index (χ1v) is 11.5. The maximum atomic E-state index is 13.7. The van der Waals surface area contributed by atoms with Crippen LogP contribution in [0.1, 0.15) is 54.5 Å². The molecule has 0 spiro atoms. The summed E-state index contributed by atoms with van der Waals surface area (Å²) < 4.78 is 14.7. The summed E-state index contributed by atoms with van der Waals surface area (Å²) in [6, 6.07) is 9.95. The van der Waals surface area contributed by atoms with Gasteiger partial charge in [0.1, 0.15) is 5.76 Å². The summed E-state index contributed by atoms with van der Waals surface area (Å²) in [6.07, 6.45) is 6.02. The minimum atomic E-state index is -0.589. The third-order valence-electron chi connectivity index (χ3n) is 6.26. The average Bonchev–Trinajstić information content (AvgIpc) is 3.48. The lowest BCUT2D eigenvalue weighted by atomic mass is 9.95. The largest absolute Gasteiger partial charge is 0.463 e. The van der Waals surface area contributed by atoms with Crippen LogP contribution in [0, 0.1) is 0 Å². The highest BCUT2D eigenvalue weighted by molar-refractivity contribution is 6.32. The third kappa shape index (κ3) is 3.75. The molecule has 0 amide bonds. The number of carbonyl (C=O) groups excluding carboxylic acids is 1. The van der Waals surface area contributed by atoms with Crippen molar-refractivity contribution < 1.29 is 13.9 Å². The molecule has 0 saturated heterocycles. The highest BCUT2D eigenvalue weighted by Gasteiger charge is 2.26. The van der Waals surface area contributed by atoms with Crippen LogP contribution in [-0.2, 0) is 11.3 Å². The molecule has 1 aliphatic carbocycles. The summed E-state index contributed by atoms with van der Waals surface area (Å²) in [5.74, 6) is -0.0812. The molecule has 9 nitrogen and oxygen atoms in total. The monoisotopic (exact) mass is 482 g/mol. The average molecular weight is 483 g/mol. The fraction of sp³-hybridized carbons (Fsp3) is 0.333. The lowest BCUT2D eigenvalue weighted by Crippen LogP contribution is -2.43. The van der Waals surface area contributed by atoms with Gasteiger partial charge in [-0.05, 0) is 37.1 Å². The van der Waals surface area contributed by atoms with E-state index in [1.807, 2.05) is 0 Å². The van der Waals surface area contributed by atoms with E-state index in [9.17, 15) is 14.4 Å². The lowest BCUT2D eigenvalue weighted by Gasteiger charge is -2.24. The predicted molar refractivity (Wildman–Crippen MR) is 126 cm³/mol. The van der Waals surface area contributed by atoms with Crippen LogP contribution in [0.5, 0.6) is 0 Å². The molecule has 1 aromatic carbocycles. The van der Waals surface area contributed by atoms with Gasteiger partial charge in [-0.3, -0.25) is 9.36 Å². The molecule has 0 unspecified atom stereocenters. The molecule has 0 radical (unpaired) electrons. The van der Waals surface area contributed by atoms with E-state index in [-0.39, 0.29) is 29.5 Å². The van der Waals surface area contributed by atoms with Gasteiger partial charge in [0.2, 0.25) is 5.76 Å². The highest BCUT2D eigenvalue weighted by atomic mass is 35.5. The normalized spacial score (nSPS) is 14.5. The number of ether oxygens (including phenoxy) is 1. The van der Waals surface area contributed by atoms with E-state index < -0.39 is 17.2 Å². The number of nitrogens with zero attached hydrogens (tertiary/aromatic N) is 4. The number of fused-ring (bicyclic) bond motifs is 1. The highest BCUT2D eigenvalue weighted by Crippen LogP contribution is 2.27. The van der Waals surface area contributed by atoms with Crippen molar-refractivity contribution in [2.45, 2.75) is 44.7 Å². The summed E-state index contributed by atoms with van der Waals surface area (Å²) in [5.41, 5.74) is 0.0946. The second-order valence-electron chi connectivity index (χ2n) is 8.34. The molecule has 3 aromatic heterocycles. The number of halogens is 1. The summed E-state index contributed by atoms with van der Waals surface area (Å²) in [6.45, 7) is 0.147. The Labute approximate surface area is 199 Å². The maximum Gasteiger partial charge on any atom is 0.373 e. The summed E-state index contributed by atoms with van der Waals surface area (Å²) in [7, 11) is 1.27. The first-order chi connectivity index (χ1) is 16.5. The molecule has 1 aliphatic rings. The van der Waals surface area contributed by atoms with Gasteiger partial charge in [0.15, 0.2) is 11.2 Å². The van der Waals surface area contributed by atoms with E-state index in [1.54, 1.807) is 34.9 Å². The van der Waals surface area contributed by atoms with E-state index in [2.05, 4.69) is 4.98 Å². The number of hydrogen-bond donors (Lipinski definition) is 0. The number of esters is 1. The fourth-order valence-electron chi connectivity index (χ4n) is 4.63. The van der Waals surface area contributed by atoms with E-state index in [0.29, 0.717) is 16.5 Å². The number of imidazole rings is 1. The Morgan fingerprint density at radius 2 is 1.91 bits per heavy atom. The minimum absolute atomic E-state index is 0.0644. The van der Waals surface area contributed by atoms with Crippen LogP contribution in [0.2, 0.25) is 5.02 Å². The van der Waals surface area contributed by atoms with Crippen molar-refractivity contribution in [3.63, 3.8) is 0 Å². The standard InChI is InChI=1S/C24H23ClN4O5/c1-33-23(31)19-12-11-16(34-19)13-27-14-26-21-20(27)22(30)28(15-7-3-2-4-8-15)24(32)29(21)18-10-6-5-9-17(18)25/h5-6,9-12,14-15H,2-4,7-8,13H2,1H3. The van der Waals surface area contributed by atoms with Gasteiger partial charge in [-0.25, -0.2) is 19.1 Å². The Hall–Kier alpha value is -3.59. The molecule has 176 valence electrons. The summed E-state index contributed by atoms with van der Waals surface area (Å²) in [4.78, 5) is 43.5. The van der Waals surface area contributed by atoms with Crippen LogP contribution in [-0.4, -0.2) is 31.8 Å². The Balaban J connectivity index is 1.72. The lowest BCUT2D eigenvalue weighted by molar-refractivity contribution is 0.0563. The van der Waals surface area contributed by atoms with Gasteiger partial charge >= 0.3 is 11.7 Å². The third-order valence-corrected chi connectivity index (χ3v) is 6.58. The van der Waals surface area contributed by atoms with E-state index in [1.165, 1.54) is 28.6 Å². The molecule has 0 bridgehead atoms. The molecule has 0 atom stereocenters. The Morgan fingerprint density at radius 1 is 1.15 bits per heavy atom. The number of furan rings is 1. The molecule has 5 rings (SSSR count). The molecule has 4 aromatic rings. The van der Waals surface area contributed by atoms with Crippen molar-refractivity contribution in [3.05, 3.63) is 80.1 Å². The van der Waals surface area contributed by atoms with E-state index >= 15 is 0 Å². The topological polar surface area (TPSA) is 101 Å². The van der Waals surface area contributed by atoms with E-state index in [0.717, 1.165) is 32.1 Å². The van der Waals surface area contributed by atoms with E-state index in [4.69, 9.17) is 20.8 Å². The van der Waals surface area contributed by atoms with Crippen LogP contribution < -0.4 is 11.2 Å². The zero-order valence-electron chi connectivity index (χ0n) is 18.6. The zero-order valence-corrected chi connectivity index (χ0v) is 19.3. The summed E-state index contributed by atoms with van der Waals surface area (Å²) in [5, 5.41) is 0.378. The van der Waals surface area contributed by atoms with Crippen LogP contribution in [0.4, 0.5) is 0 Å². The predicted octanol–water partition coefficient (Wildman–Crippen LogP) is 3.94. The number of rotatable bonds is 5. The van der Waals surface area contributed by atoms with Gasteiger partial charge in [0, 0.05) is 6.04 Å². The number of hydrogen-bond acceptors (Lipinski definition) is 6. The van der Waals surface area contributed by atoms with Crippen molar-refractivity contribution in [2.24, 2.45) is 0 Å². The number of benzene rings is 1. The Morgan fingerprint density at radius 3 is 2.65 bits per heavy atom.